The zero-order valence-electron chi connectivity index (χ0n) is 12.0. The summed E-state index contributed by atoms with van der Waals surface area (Å²) in [6.45, 7) is 4.89. The Bertz CT molecular complexity index is 453. The number of hydrogen-bond acceptors (Lipinski definition) is 4. The Morgan fingerprint density at radius 3 is 2.85 bits per heavy atom. The van der Waals surface area contributed by atoms with E-state index in [0.717, 1.165) is 31.6 Å². The molecule has 2 N–H and O–H groups in total. The molecule has 0 spiro atoms. The summed E-state index contributed by atoms with van der Waals surface area (Å²) in [5, 5.41) is 0. The van der Waals surface area contributed by atoms with Crippen LogP contribution in [0.25, 0.3) is 0 Å². The molecule has 1 saturated heterocycles. The minimum Gasteiger partial charge on any atom is -0.465 e. The van der Waals surface area contributed by atoms with Gasteiger partial charge in [0, 0.05) is 19.1 Å². The smallest absolute Gasteiger partial charge is 0.337 e. The van der Waals surface area contributed by atoms with Crippen LogP contribution in [0.4, 0.5) is 0 Å². The number of methoxy groups -OCH3 is 1. The number of halogens is 1. The monoisotopic (exact) mass is 298 g/mol. The number of rotatable bonds is 4. The third kappa shape index (κ3) is 3.95. The lowest BCUT2D eigenvalue weighted by Gasteiger charge is -2.21. The van der Waals surface area contributed by atoms with Gasteiger partial charge in [-0.2, -0.15) is 0 Å². The molecular formula is C15H23ClN2O2. The van der Waals surface area contributed by atoms with Crippen molar-refractivity contribution in [3.05, 3.63) is 35.4 Å². The molecule has 1 heterocycles. The van der Waals surface area contributed by atoms with Crippen molar-refractivity contribution >= 4 is 18.4 Å². The predicted octanol–water partition coefficient (Wildman–Crippen LogP) is 2.06. The second-order valence-electron chi connectivity index (χ2n) is 5.31. The van der Waals surface area contributed by atoms with Gasteiger partial charge in [0.25, 0.3) is 0 Å². The molecule has 0 radical (unpaired) electrons. The van der Waals surface area contributed by atoms with Crippen molar-refractivity contribution in [2.24, 2.45) is 11.7 Å². The molecule has 1 aromatic carbocycles. The maximum absolute atomic E-state index is 11.5. The fraction of sp³-hybridized carbons (Fsp3) is 0.533. The van der Waals surface area contributed by atoms with Gasteiger partial charge in [-0.15, -0.1) is 12.4 Å². The minimum absolute atomic E-state index is 0. The van der Waals surface area contributed by atoms with Gasteiger partial charge in [-0.05, 0) is 43.5 Å². The number of likely N-dealkylation sites (tertiary alicyclic amines) is 1. The van der Waals surface area contributed by atoms with E-state index in [1.165, 1.54) is 7.11 Å². The molecule has 0 aliphatic carbocycles. The third-order valence-corrected chi connectivity index (χ3v) is 3.86. The van der Waals surface area contributed by atoms with Crippen LogP contribution in [0.15, 0.2) is 24.3 Å². The van der Waals surface area contributed by atoms with E-state index in [1.54, 1.807) is 6.07 Å². The SMILES string of the molecule is COC(=O)c1cccc(CN2CC(CN)CC2C)c1.Cl. The molecule has 2 rings (SSSR count). The van der Waals surface area contributed by atoms with Gasteiger partial charge in [0.15, 0.2) is 0 Å². The largest absolute Gasteiger partial charge is 0.465 e. The number of nitrogens with zero attached hydrogens (tertiary/aromatic N) is 1. The van der Waals surface area contributed by atoms with E-state index in [4.69, 9.17) is 10.5 Å². The number of carbonyl (C=O) groups excluding carboxylic acids is 1. The van der Waals surface area contributed by atoms with Crippen LogP contribution >= 0.6 is 12.4 Å². The quantitative estimate of drug-likeness (QED) is 0.865. The van der Waals surface area contributed by atoms with Crippen molar-refractivity contribution in [3.8, 4) is 0 Å². The highest BCUT2D eigenvalue weighted by Crippen LogP contribution is 2.24. The van der Waals surface area contributed by atoms with E-state index < -0.39 is 0 Å². The van der Waals surface area contributed by atoms with Gasteiger partial charge in [-0.1, -0.05) is 12.1 Å². The zero-order valence-corrected chi connectivity index (χ0v) is 12.9. The van der Waals surface area contributed by atoms with Crippen molar-refractivity contribution < 1.29 is 9.53 Å². The molecule has 5 heteroatoms. The molecule has 1 aliphatic rings. The first kappa shape index (κ1) is 17.0. The maximum atomic E-state index is 11.5. The second-order valence-corrected chi connectivity index (χ2v) is 5.31. The molecule has 0 saturated carbocycles. The van der Waals surface area contributed by atoms with E-state index in [0.29, 0.717) is 17.5 Å². The average Bonchev–Trinajstić information content (AvgIpc) is 2.79. The number of benzene rings is 1. The van der Waals surface area contributed by atoms with Gasteiger partial charge in [-0.25, -0.2) is 4.79 Å². The lowest BCUT2D eigenvalue weighted by molar-refractivity contribution is 0.0600. The van der Waals surface area contributed by atoms with Gasteiger partial charge in [0.05, 0.1) is 12.7 Å². The van der Waals surface area contributed by atoms with E-state index in [1.807, 2.05) is 12.1 Å². The van der Waals surface area contributed by atoms with E-state index in [2.05, 4.69) is 17.9 Å². The fourth-order valence-corrected chi connectivity index (χ4v) is 2.76. The van der Waals surface area contributed by atoms with Gasteiger partial charge in [-0.3, -0.25) is 4.90 Å². The molecule has 4 nitrogen and oxygen atoms in total. The zero-order chi connectivity index (χ0) is 13.8. The molecule has 2 atom stereocenters. The lowest BCUT2D eigenvalue weighted by Crippen LogP contribution is -2.27. The summed E-state index contributed by atoms with van der Waals surface area (Å²) in [6, 6.07) is 8.20. The van der Waals surface area contributed by atoms with E-state index in [9.17, 15) is 4.79 Å². The maximum Gasteiger partial charge on any atom is 0.337 e. The molecule has 112 valence electrons. The van der Waals surface area contributed by atoms with Crippen LogP contribution in [-0.2, 0) is 11.3 Å². The topological polar surface area (TPSA) is 55.6 Å². The van der Waals surface area contributed by atoms with Crippen LogP contribution in [0.2, 0.25) is 0 Å². The standard InChI is InChI=1S/C15H22N2O2.ClH/c1-11-6-13(8-16)10-17(11)9-12-4-3-5-14(7-12)15(18)19-2;/h3-5,7,11,13H,6,8-10,16H2,1-2H3;1H. The number of esters is 1. The fourth-order valence-electron chi connectivity index (χ4n) is 2.76. The number of nitrogens with two attached hydrogens (primary N) is 1. The molecule has 2 unspecified atom stereocenters. The number of carbonyl (C=O) groups is 1. The van der Waals surface area contributed by atoms with Crippen LogP contribution in [0, 0.1) is 5.92 Å². The van der Waals surface area contributed by atoms with Crippen molar-refractivity contribution in [1.29, 1.82) is 0 Å². The highest BCUT2D eigenvalue weighted by atomic mass is 35.5. The average molecular weight is 299 g/mol. The van der Waals surface area contributed by atoms with Crippen LogP contribution in [0.1, 0.15) is 29.3 Å². The Balaban J connectivity index is 0.00000200. The predicted molar refractivity (Wildman–Crippen MR) is 82.1 cm³/mol. The summed E-state index contributed by atoms with van der Waals surface area (Å²) in [6.07, 6.45) is 1.16. The van der Waals surface area contributed by atoms with Crippen LogP contribution in [0.3, 0.4) is 0 Å². The molecule has 1 aromatic rings. The number of hydrogen-bond donors (Lipinski definition) is 1. The molecule has 1 fully saturated rings. The highest BCUT2D eigenvalue weighted by Gasteiger charge is 2.27. The second kappa shape index (κ2) is 7.62. The molecular weight excluding hydrogens is 276 g/mol. The number of ether oxygens (including phenoxy) is 1. The molecule has 0 bridgehead atoms. The molecule has 0 amide bonds. The molecule has 0 aromatic heterocycles. The van der Waals surface area contributed by atoms with Crippen LogP contribution in [-0.4, -0.2) is 37.1 Å². The molecule has 20 heavy (non-hydrogen) atoms. The summed E-state index contributed by atoms with van der Waals surface area (Å²) in [5.74, 6) is 0.315. The Morgan fingerprint density at radius 1 is 1.50 bits per heavy atom. The van der Waals surface area contributed by atoms with Gasteiger partial charge < -0.3 is 10.5 Å². The van der Waals surface area contributed by atoms with Crippen molar-refractivity contribution in [3.63, 3.8) is 0 Å². The summed E-state index contributed by atoms with van der Waals surface area (Å²) in [4.78, 5) is 13.9. The first-order valence-corrected chi connectivity index (χ1v) is 6.75. The third-order valence-electron chi connectivity index (χ3n) is 3.86. The first-order chi connectivity index (χ1) is 9.13. The minimum atomic E-state index is -0.281. The summed E-state index contributed by atoms with van der Waals surface area (Å²) >= 11 is 0. The van der Waals surface area contributed by atoms with E-state index >= 15 is 0 Å². The van der Waals surface area contributed by atoms with Crippen LogP contribution < -0.4 is 5.73 Å². The lowest BCUT2D eigenvalue weighted by atomic mass is 10.1. The van der Waals surface area contributed by atoms with Crippen LogP contribution in [0.5, 0.6) is 0 Å². The summed E-state index contributed by atoms with van der Waals surface area (Å²) < 4.78 is 4.75. The normalized spacial score (nSPS) is 22.4. The summed E-state index contributed by atoms with van der Waals surface area (Å²) in [7, 11) is 1.41. The van der Waals surface area contributed by atoms with Gasteiger partial charge >= 0.3 is 5.97 Å². The first-order valence-electron chi connectivity index (χ1n) is 6.75. The van der Waals surface area contributed by atoms with Crippen molar-refractivity contribution in [1.82, 2.24) is 4.90 Å². The van der Waals surface area contributed by atoms with Gasteiger partial charge in [0.1, 0.15) is 0 Å². The Kier molecular flexibility index (Phi) is 6.46. The van der Waals surface area contributed by atoms with Crippen molar-refractivity contribution in [2.75, 3.05) is 20.2 Å². The molecule has 1 aliphatic heterocycles. The van der Waals surface area contributed by atoms with E-state index in [-0.39, 0.29) is 18.4 Å². The van der Waals surface area contributed by atoms with Gasteiger partial charge in [0.2, 0.25) is 0 Å². The Morgan fingerprint density at radius 2 is 2.25 bits per heavy atom. The Hall–Kier alpha value is -1.10. The Labute approximate surface area is 126 Å². The van der Waals surface area contributed by atoms with Crippen molar-refractivity contribution in [2.45, 2.75) is 25.9 Å². The highest BCUT2D eigenvalue weighted by molar-refractivity contribution is 5.89. The summed E-state index contributed by atoms with van der Waals surface area (Å²) in [5.41, 5.74) is 7.50.